The van der Waals surface area contributed by atoms with E-state index in [1.165, 1.54) is 0 Å². The van der Waals surface area contributed by atoms with Crippen molar-refractivity contribution in [2.24, 2.45) is 0 Å². The van der Waals surface area contributed by atoms with Crippen molar-refractivity contribution in [3.05, 3.63) is 47.2 Å². The van der Waals surface area contributed by atoms with Crippen LogP contribution in [0, 0.1) is 0 Å². The molecule has 1 atom stereocenters. The number of hydrogen-bond donors (Lipinski definition) is 1. The van der Waals surface area contributed by atoms with Gasteiger partial charge >= 0.3 is 0 Å². The lowest BCUT2D eigenvalue weighted by molar-refractivity contribution is 0.0743. The van der Waals surface area contributed by atoms with E-state index in [2.05, 4.69) is 10.2 Å². The lowest BCUT2D eigenvalue weighted by atomic mass is 10.2. The van der Waals surface area contributed by atoms with Gasteiger partial charge in [-0.1, -0.05) is 23.7 Å². The zero-order chi connectivity index (χ0) is 17.2. The van der Waals surface area contributed by atoms with Crippen molar-refractivity contribution >= 4 is 29.9 Å². The Morgan fingerprint density at radius 3 is 2.65 bits per heavy atom. The van der Waals surface area contributed by atoms with E-state index in [1.807, 2.05) is 35.2 Å². The van der Waals surface area contributed by atoms with Crippen molar-refractivity contribution in [2.45, 2.75) is 12.5 Å². The number of carbonyl (C=O) groups is 1. The molecule has 2 fully saturated rings. The van der Waals surface area contributed by atoms with Crippen LogP contribution in [-0.2, 0) is 0 Å². The molecular weight excluding hydrogens is 373 g/mol. The SMILES string of the molecule is Cl.O=C(c1ccc(-c2ccccc2Cl)o1)N1CCC(N2CCNCC2)C1. The van der Waals surface area contributed by atoms with Crippen LogP contribution in [0.5, 0.6) is 0 Å². The predicted octanol–water partition coefficient (Wildman–Crippen LogP) is 3.14. The summed E-state index contributed by atoms with van der Waals surface area (Å²) in [7, 11) is 0. The summed E-state index contributed by atoms with van der Waals surface area (Å²) < 4.78 is 5.81. The molecule has 1 amide bonds. The molecule has 3 heterocycles. The van der Waals surface area contributed by atoms with Crippen LogP contribution < -0.4 is 5.32 Å². The minimum Gasteiger partial charge on any atom is -0.451 e. The molecule has 1 aromatic heterocycles. The normalized spacial score (nSPS) is 20.8. The molecule has 1 aromatic carbocycles. The molecule has 0 aliphatic carbocycles. The Balaban J connectivity index is 0.00000196. The number of piperazine rings is 1. The van der Waals surface area contributed by atoms with E-state index in [0.29, 0.717) is 22.6 Å². The zero-order valence-corrected chi connectivity index (χ0v) is 16.1. The largest absolute Gasteiger partial charge is 0.451 e. The van der Waals surface area contributed by atoms with Crippen LogP contribution in [0.3, 0.4) is 0 Å². The first-order chi connectivity index (χ1) is 12.2. The highest BCUT2D eigenvalue weighted by molar-refractivity contribution is 6.33. The van der Waals surface area contributed by atoms with E-state index >= 15 is 0 Å². The van der Waals surface area contributed by atoms with Crippen LogP contribution in [0.1, 0.15) is 17.0 Å². The molecule has 2 aliphatic rings. The van der Waals surface area contributed by atoms with Crippen molar-refractivity contribution < 1.29 is 9.21 Å². The van der Waals surface area contributed by atoms with Gasteiger partial charge in [0.05, 0.1) is 5.02 Å². The van der Waals surface area contributed by atoms with Gasteiger partial charge in [-0.2, -0.15) is 0 Å². The molecule has 0 spiro atoms. The Morgan fingerprint density at radius 2 is 1.88 bits per heavy atom. The van der Waals surface area contributed by atoms with Gasteiger partial charge in [-0.3, -0.25) is 9.69 Å². The van der Waals surface area contributed by atoms with Crippen molar-refractivity contribution in [3.63, 3.8) is 0 Å². The third-order valence-corrected chi connectivity index (χ3v) is 5.40. The summed E-state index contributed by atoms with van der Waals surface area (Å²) in [5, 5.41) is 3.99. The summed E-state index contributed by atoms with van der Waals surface area (Å²) in [6, 6.07) is 11.5. The Bertz CT molecular complexity index is 759. The molecular formula is C19H23Cl2N3O2. The van der Waals surface area contributed by atoms with Gasteiger partial charge in [0.15, 0.2) is 5.76 Å². The monoisotopic (exact) mass is 395 g/mol. The Morgan fingerprint density at radius 1 is 1.12 bits per heavy atom. The van der Waals surface area contributed by atoms with Gasteiger partial charge < -0.3 is 14.6 Å². The molecule has 4 rings (SSSR count). The highest BCUT2D eigenvalue weighted by atomic mass is 35.5. The van der Waals surface area contributed by atoms with E-state index in [-0.39, 0.29) is 18.3 Å². The average Bonchev–Trinajstić information content (AvgIpc) is 3.32. The number of hydrogen-bond acceptors (Lipinski definition) is 4. The molecule has 2 saturated heterocycles. The van der Waals surface area contributed by atoms with Gasteiger partial charge in [0.2, 0.25) is 0 Å². The van der Waals surface area contributed by atoms with Crippen LogP contribution in [0.15, 0.2) is 40.8 Å². The first kappa shape index (κ1) is 19.2. The fraction of sp³-hybridized carbons (Fsp3) is 0.421. The summed E-state index contributed by atoms with van der Waals surface area (Å²) in [5.74, 6) is 0.985. The summed E-state index contributed by atoms with van der Waals surface area (Å²) in [5.41, 5.74) is 0.809. The van der Waals surface area contributed by atoms with Gasteiger partial charge in [-0.05, 0) is 30.7 Å². The van der Waals surface area contributed by atoms with Crippen LogP contribution in [-0.4, -0.2) is 61.0 Å². The molecule has 5 nitrogen and oxygen atoms in total. The maximum Gasteiger partial charge on any atom is 0.289 e. The van der Waals surface area contributed by atoms with Crippen LogP contribution in [0.2, 0.25) is 5.02 Å². The number of likely N-dealkylation sites (tertiary alicyclic amines) is 1. The molecule has 0 radical (unpaired) electrons. The maximum absolute atomic E-state index is 12.8. The predicted molar refractivity (Wildman–Crippen MR) is 105 cm³/mol. The van der Waals surface area contributed by atoms with Crippen LogP contribution >= 0.6 is 24.0 Å². The number of benzene rings is 1. The molecule has 26 heavy (non-hydrogen) atoms. The minimum atomic E-state index is -0.0315. The second-order valence-electron chi connectivity index (χ2n) is 6.62. The zero-order valence-electron chi connectivity index (χ0n) is 14.5. The Labute approximate surface area is 164 Å². The number of furan rings is 1. The molecule has 2 aliphatic heterocycles. The number of amides is 1. The lowest BCUT2D eigenvalue weighted by Crippen LogP contribution is -2.49. The topological polar surface area (TPSA) is 48.7 Å². The molecule has 2 aromatic rings. The number of halogens is 2. The Hall–Kier alpha value is -1.53. The third-order valence-electron chi connectivity index (χ3n) is 5.07. The number of nitrogens with one attached hydrogen (secondary N) is 1. The quantitative estimate of drug-likeness (QED) is 0.866. The molecule has 0 bridgehead atoms. The Kier molecular flexibility index (Phi) is 6.24. The smallest absolute Gasteiger partial charge is 0.289 e. The van der Waals surface area contributed by atoms with Crippen molar-refractivity contribution in [1.82, 2.24) is 15.1 Å². The third kappa shape index (κ3) is 3.91. The van der Waals surface area contributed by atoms with Gasteiger partial charge in [-0.25, -0.2) is 0 Å². The number of rotatable bonds is 3. The van der Waals surface area contributed by atoms with Crippen molar-refractivity contribution in [3.8, 4) is 11.3 Å². The van der Waals surface area contributed by atoms with E-state index in [9.17, 15) is 4.79 Å². The molecule has 1 unspecified atom stereocenters. The first-order valence-electron chi connectivity index (χ1n) is 8.81. The molecule has 0 saturated carbocycles. The second-order valence-corrected chi connectivity index (χ2v) is 7.03. The maximum atomic E-state index is 12.8. The van der Waals surface area contributed by atoms with Crippen LogP contribution in [0.25, 0.3) is 11.3 Å². The summed E-state index contributed by atoms with van der Waals surface area (Å²) >= 11 is 6.21. The highest BCUT2D eigenvalue weighted by Gasteiger charge is 2.32. The molecule has 140 valence electrons. The van der Waals surface area contributed by atoms with E-state index in [1.54, 1.807) is 6.07 Å². The van der Waals surface area contributed by atoms with E-state index in [4.69, 9.17) is 16.0 Å². The van der Waals surface area contributed by atoms with Gasteiger partial charge in [0.1, 0.15) is 5.76 Å². The fourth-order valence-corrected chi connectivity index (χ4v) is 3.91. The molecule has 1 N–H and O–H groups in total. The summed E-state index contributed by atoms with van der Waals surface area (Å²) in [4.78, 5) is 17.2. The van der Waals surface area contributed by atoms with Crippen molar-refractivity contribution in [1.29, 1.82) is 0 Å². The van der Waals surface area contributed by atoms with E-state index in [0.717, 1.165) is 51.3 Å². The minimum absolute atomic E-state index is 0. The second kappa shape index (κ2) is 8.44. The number of nitrogens with zero attached hydrogens (tertiary/aromatic N) is 2. The highest BCUT2D eigenvalue weighted by Crippen LogP contribution is 2.30. The fourth-order valence-electron chi connectivity index (χ4n) is 3.69. The molecule has 7 heteroatoms. The van der Waals surface area contributed by atoms with Gasteiger partial charge in [-0.15, -0.1) is 12.4 Å². The standard InChI is InChI=1S/C19H22ClN3O2.ClH/c20-16-4-2-1-3-15(16)17-5-6-18(25-17)19(24)23-10-7-14(13-23)22-11-8-21-9-12-22;/h1-6,14,21H,7-13H2;1H. The van der Waals surface area contributed by atoms with E-state index < -0.39 is 0 Å². The van der Waals surface area contributed by atoms with Crippen LogP contribution in [0.4, 0.5) is 0 Å². The van der Waals surface area contributed by atoms with Gasteiger partial charge in [0, 0.05) is 50.9 Å². The average molecular weight is 396 g/mol. The lowest BCUT2D eigenvalue weighted by Gasteiger charge is -2.32. The summed E-state index contributed by atoms with van der Waals surface area (Å²) in [6.07, 6.45) is 1.03. The van der Waals surface area contributed by atoms with Gasteiger partial charge in [0.25, 0.3) is 5.91 Å². The van der Waals surface area contributed by atoms with Crippen molar-refractivity contribution in [2.75, 3.05) is 39.3 Å². The number of carbonyl (C=O) groups excluding carboxylic acids is 1. The first-order valence-corrected chi connectivity index (χ1v) is 9.19. The summed E-state index contributed by atoms with van der Waals surface area (Å²) in [6.45, 7) is 5.75.